The summed E-state index contributed by atoms with van der Waals surface area (Å²) in [5.74, 6) is 0. The number of hydrogen-bond donors (Lipinski definition) is 1. The van der Waals surface area contributed by atoms with Crippen LogP contribution in [-0.2, 0) is 6.54 Å². The van der Waals surface area contributed by atoms with Crippen molar-refractivity contribution in [2.75, 3.05) is 5.32 Å². The number of aryl methyl sites for hydroxylation is 2. The second kappa shape index (κ2) is 5.86. The number of rotatable bonds is 3. The zero-order valence-electron chi connectivity index (χ0n) is 12.2. The first-order valence-electron chi connectivity index (χ1n) is 6.99. The first-order chi connectivity index (χ1) is 10.1. The van der Waals surface area contributed by atoms with Crippen molar-refractivity contribution in [1.82, 2.24) is 4.98 Å². The summed E-state index contributed by atoms with van der Waals surface area (Å²) in [7, 11) is 0. The number of benzene rings is 2. The van der Waals surface area contributed by atoms with Crippen LogP contribution >= 0.6 is 15.9 Å². The lowest BCUT2D eigenvalue weighted by Gasteiger charge is -2.10. The van der Waals surface area contributed by atoms with Gasteiger partial charge in [-0.15, -0.1) is 0 Å². The molecule has 1 N–H and O–H groups in total. The molecule has 0 aliphatic rings. The molecule has 0 bridgehead atoms. The van der Waals surface area contributed by atoms with Gasteiger partial charge in [-0.3, -0.25) is 4.98 Å². The molecule has 3 aromatic rings. The highest BCUT2D eigenvalue weighted by Gasteiger charge is 2.03. The average Bonchev–Trinajstić information content (AvgIpc) is 2.50. The standard InChI is InChI=1S/C18H17BrN2/c1-12-9-16(10-13(2)18(12)19)20-11-15-8-7-14-5-3-4-6-17(14)21-15/h3-10,20H,11H2,1-2H3. The van der Waals surface area contributed by atoms with Crippen LogP contribution in [0.15, 0.2) is 53.0 Å². The Morgan fingerprint density at radius 2 is 1.71 bits per heavy atom. The maximum absolute atomic E-state index is 4.68. The third-order valence-electron chi connectivity index (χ3n) is 3.57. The van der Waals surface area contributed by atoms with E-state index in [1.807, 2.05) is 18.2 Å². The number of aromatic nitrogens is 1. The van der Waals surface area contributed by atoms with Crippen LogP contribution in [0.1, 0.15) is 16.8 Å². The Morgan fingerprint density at radius 1 is 1.00 bits per heavy atom. The molecule has 1 aromatic heterocycles. The molecule has 2 nitrogen and oxygen atoms in total. The van der Waals surface area contributed by atoms with Gasteiger partial charge >= 0.3 is 0 Å². The number of anilines is 1. The fourth-order valence-corrected chi connectivity index (χ4v) is 2.68. The third-order valence-corrected chi connectivity index (χ3v) is 4.82. The maximum atomic E-state index is 4.68. The third kappa shape index (κ3) is 3.08. The first-order valence-corrected chi connectivity index (χ1v) is 7.78. The predicted molar refractivity (Wildman–Crippen MR) is 92.7 cm³/mol. The van der Waals surface area contributed by atoms with Crippen molar-refractivity contribution in [2.45, 2.75) is 20.4 Å². The van der Waals surface area contributed by atoms with E-state index in [0.29, 0.717) is 0 Å². The summed E-state index contributed by atoms with van der Waals surface area (Å²) in [6, 6.07) is 16.7. The van der Waals surface area contributed by atoms with Gasteiger partial charge in [0.1, 0.15) is 0 Å². The topological polar surface area (TPSA) is 24.9 Å². The zero-order chi connectivity index (χ0) is 14.8. The largest absolute Gasteiger partial charge is 0.379 e. The molecular weight excluding hydrogens is 324 g/mol. The van der Waals surface area contributed by atoms with E-state index in [1.165, 1.54) is 21.0 Å². The molecule has 1 heterocycles. The van der Waals surface area contributed by atoms with E-state index in [0.717, 1.165) is 23.4 Å². The highest BCUT2D eigenvalue weighted by Crippen LogP contribution is 2.25. The Bertz CT molecular complexity index is 773. The summed E-state index contributed by atoms with van der Waals surface area (Å²) in [5.41, 5.74) is 5.70. The van der Waals surface area contributed by atoms with Crippen LogP contribution in [0.5, 0.6) is 0 Å². The van der Waals surface area contributed by atoms with Crippen LogP contribution in [-0.4, -0.2) is 4.98 Å². The lowest BCUT2D eigenvalue weighted by molar-refractivity contribution is 1.06. The lowest BCUT2D eigenvalue weighted by atomic mass is 10.1. The quantitative estimate of drug-likeness (QED) is 0.706. The minimum atomic E-state index is 0.728. The molecule has 0 fully saturated rings. The van der Waals surface area contributed by atoms with Gasteiger partial charge in [0.15, 0.2) is 0 Å². The summed E-state index contributed by atoms with van der Waals surface area (Å²) in [6.07, 6.45) is 0. The Balaban J connectivity index is 1.80. The molecule has 3 rings (SSSR count). The van der Waals surface area contributed by atoms with Gasteiger partial charge in [0.25, 0.3) is 0 Å². The number of nitrogens with one attached hydrogen (secondary N) is 1. The van der Waals surface area contributed by atoms with Gasteiger partial charge in [-0.2, -0.15) is 0 Å². The van der Waals surface area contributed by atoms with Crippen molar-refractivity contribution < 1.29 is 0 Å². The normalized spacial score (nSPS) is 10.8. The van der Waals surface area contributed by atoms with E-state index in [-0.39, 0.29) is 0 Å². The summed E-state index contributed by atoms with van der Waals surface area (Å²) >= 11 is 3.60. The minimum absolute atomic E-state index is 0.728. The Hall–Kier alpha value is -1.87. The van der Waals surface area contributed by atoms with E-state index in [9.17, 15) is 0 Å². The first kappa shape index (κ1) is 14.1. The van der Waals surface area contributed by atoms with Crippen LogP contribution in [0.3, 0.4) is 0 Å². The summed E-state index contributed by atoms with van der Waals surface area (Å²) < 4.78 is 1.18. The molecule has 2 aromatic carbocycles. The molecule has 21 heavy (non-hydrogen) atoms. The second-order valence-electron chi connectivity index (χ2n) is 5.27. The molecule has 0 aliphatic carbocycles. The molecule has 0 atom stereocenters. The van der Waals surface area contributed by atoms with Gasteiger partial charge < -0.3 is 5.32 Å². The predicted octanol–water partition coefficient (Wildman–Crippen LogP) is 5.23. The van der Waals surface area contributed by atoms with Gasteiger partial charge in [0, 0.05) is 15.5 Å². The van der Waals surface area contributed by atoms with E-state index in [4.69, 9.17) is 0 Å². The van der Waals surface area contributed by atoms with Gasteiger partial charge in [-0.1, -0.05) is 40.2 Å². The Labute approximate surface area is 133 Å². The van der Waals surface area contributed by atoms with E-state index in [1.54, 1.807) is 0 Å². The van der Waals surface area contributed by atoms with Crippen LogP contribution in [0.2, 0.25) is 0 Å². The second-order valence-corrected chi connectivity index (χ2v) is 6.07. The number of pyridine rings is 1. The number of halogens is 1. The van der Waals surface area contributed by atoms with Crippen LogP contribution in [0.4, 0.5) is 5.69 Å². The van der Waals surface area contributed by atoms with Crippen molar-refractivity contribution in [1.29, 1.82) is 0 Å². The van der Waals surface area contributed by atoms with Gasteiger partial charge in [0.05, 0.1) is 17.8 Å². The molecule has 0 unspecified atom stereocenters. The molecular formula is C18H17BrN2. The maximum Gasteiger partial charge on any atom is 0.0706 e. The molecule has 0 spiro atoms. The van der Waals surface area contributed by atoms with Gasteiger partial charge in [-0.05, 0) is 49.2 Å². The zero-order valence-corrected chi connectivity index (χ0v) is 13.7. The minimum Gasteiger partial charge on any atom is -0.379 e. The fourth-order valence-electron chi connectivity index (χ4n) is 2.45. The van der Waals surface area contributed by atoms with Crippen molar-refractivity contribution in [2.24, 2.45) is 0 Å². The highest BCUT2D eigenvalue weighted by atomic mass is 79.9. The average molecular weight is 341 g/mol. The Morgan fingerprint density at radius 3 is 2.48 bits per heavy atom. The van der Waals surface area contributed by atoms with E-state index >= 15 is 0 Å². The number of para-hydroxylation sites is 1. The smallest absolute Gasteiger partial charge is 0.0706 e. The van der Waals surface area contributed by atoms with Crippen molar-refractivity contribution in [3.8, 4) is 0 Å². The Kier molecular flexibility index (Phi) is 3.93. The van der Waals surface area contributed by atoms with Crippen molar-refractivity contribution >= 4 is 32.5 Å². The summed E-state index contributed by atoms with van der Waals surface area (Å²) in [5, 5.41) is 4.63. The number of nitrogens with zero attached hydrogens (tertiary/aromatic N) is 1. The molecule has 0 aliphatic heterocycles. The molecule has 3 heteroatoms. The molecule has 106 valence electrons. The molecule has 0 amide bonds. The highest BCUT2D eigenvalue weighted by molar-refractivity contribution is 9.10. The molecule has 0 saturated carbocycles. The molecule has 0 radical (unpaired) electrons. The van der Waals surface area contributed by atoms with E-state index in [2.05, 4.69) is 70.4 Å². The van der Waals surface area contributed by atoms with Crippen LogP contribution < -0.4 is 5.32 Å². The summed E-state index contributed by atoms with van der Waals surface area (Å²) in [6.45, 7) is 4.94. The van der Waals surface area contributed by atoms with Crippen LogP contribution in [0, 0.1) is 13.8 Å². The van der Waals surface area contributed by atoms with E-state index < -0.39 is 0 Å². The monoisotopic (exact) mass is 340 g/mol. The summed E-state index contributed by atoms with van der Waals surface area (Å²) in [4.78, 5) is 4.68. The van der Waals surface area contributed by atoms with Gasteiger partial charge in [-0.25, -0.2) is 0 Å². The fraction of sp³-hybridized carbons (Fsp3) is 0.167. The van der Waals surface area contributed by atoms with Gasteiger partial charge in [0.2, 0.25) is 0 Å². The number of hydrogen-bond acceptors (Lipinski definition) is 2. The number of fused-ring (bicyclic) bond motifs is 1. The lowest BCUT2D eigenvalue weighted by Crippen LogP contribution is -2.02. The van der Waals surface area contributed by atoms with Crippen molar-refractivity contribution in [3.63, 3.8) is 0 Å². The SMILES string of the molecule is Cc1cc(NCc2ccc3ccccc3n2)cc(C)c1Br. The van der Waals surface area contributed by atoms with Crippen molar-refractivity contribution in [3.05, 3.63) is 69.8 Å². The molecule has 0 saturated heterocycles. The van der Waals surface area contributed by atoms with Crippen LogP contribution in [0.25, 0.3) is 10.9 Å².